The molecule has 0 spiro atoms. The number of rotatable bonds is 8. The molecule has 0 saturated heterocycles. The standard InChI is InChI=1S/C17H22N4O3/c1-4-24-14-7-5-13(6-8-14)20-16(22)15-11-12(2)19-17(21-15)18-9-10-23-3/h5-8,11H,4,9-10H2,1-3H3,(H,20,22)(H,18,19,21). The molecule has 0 aliphatic carbocycles. The van der Waals surface area contributed by atoms with Gasteiger partial charge in [0.15, 0.2) is 0 Å². The molecule has 1 amide bonds. The number of anilines is 2. The second-order valence-electron chi connectivity index (χ2n) is 5.05. The molecule has 24 heavy (non-hydrogen) atoms. The molecule has 0 aliphatic rings. The lowest BCUT2D eigenvalue weighted by Gasteiger charge is -2.09. The summed E-state index contributed by atoms with van der Waals surface area (Å²) in [6.07, 6.45) is 0. The van der Waals surface area contributed by atoms with Crippen LogP contribution in [-0.2, 0) is 4.74 Å². The van der Waals surface area contributed by atoms with Gasteiger partial charge in [0.05, 0.1) is 13.2 Å². The van der Waals surface area contributed by atoms with Crippen LogP contribution in [0.2, 0.25) is 0 Å². The van der Waals surface area contributed by atoms with Gasteiger partial charge in [0.25, 0.3) is 5.91 Å². The third-order valence-electron chi connectivity index (χ3n) is 3.10. The van der Waals surface area contributed by atoms with Crippen LogP contribution in [0.3, 0.4) is 0 Å². The Balaban J connectivity index is 2.05. The minimum absolute atomic E-state index is 0.292. The molecule has 1 aromatic carbocycles. The number of benzene rings is 1. The molecule has 1 aromatic heterocycles. The number of hydrogen-bond acceptors (Lipinski definition) is 6. The zero-order valence-corrected chi connectivity index (χ0v) is 14.1. The van der Waals surface area contributed by atoms with E-state index in [1.165, 1.54) is 0 Å². The van der Waals surface area contributed by atoms with Gasteiger partial charge in [0.2, 0.25) is 5.95 Å². The quantitative estimate of drug-likeness (QED) is 0.723. The molecule has 0 aliphatic heterocycles. The summed E-state index contributed by atoms with van der Waals surface area (Å²) < 4.78 is 10.3. The van der Waals surface area contributed by atoms with Gasteiger partial charge in [0.1, 0.15) is 11.4 Å². The van der Waals surface area contributed by atoms with E-state index in [4.69, 9.17) is 9.47 Å². The fourth-order valence-corrected chi connectivity index (χ4v) is 2.03. The van der Waals surface area contributed by atoms with Crippen molar-refractivity contribution in [2.75, 3.05) is 37.5 Å². The lowest BCUT2D eigenvalue weighted by molar-refractivity contribution is 0.102. The van der Waals surface area contributed by atoms with Crippen molar-refractivity contribution in [3.05, 3.63) is 41.7 Å². The first-order chi connectivity index (χ1) is 11.6. The van der Waals surface area contributed by atoms with E-state index in [0.717, 1.165) is 5.75 Å². The number of aromatic nitrogens is 2. The van der Waals surface area contributed by atoms with E-state index in [1.807, 2.05) is 26.0 Å². The first kappa shape index (κ1) is 17.7. The Morgan fingerprint density at radius 1 is 1.21 bits per heavy atom. The molecule has 0 unspecified atom stereocenters. The van der Waals surface area contributed by atoms with Crippen LogP contribution >= 0.6 is 0 Å². The van der Waals surface area contributed by atoms with Crippen LogP contribution in [0.1, 0.15) is 23.1 Å². The monoisotopic (exact) mass is 330 g/mol. The van der Waals surface area contributed by atoms with Gasteiger partial charge in [-0.25, -0.2) is 9.97 Å². The highest BCUT2D eigenvalue weighted by Crippen LogP contribution is 2.16. The number of amides is 1. The third kappa shape index (κ3) is 5.20. The Bertz CT molecular complexity index is 674. The predicted molar refractivity (Wildman–Crippen MR) is 92.7 cm³/mol. The molecular weight excluding hydrogens is 308 g/mol. The van der Waals surface area contributed by atoms with Crippen LogP contribution in [0.5, 0.6) is 5.75 Å². The molecule has 2 N–H and O–H groups in total. The summed E-state index contributed by atoms with van der Waals surface area (Å²) in [6.45, 7) is 5.44. The van der Waals surface area contributed by atoms with Crippen LogP contribution < -0.4 is 15.4 Å². The van der Waals surface area contributed by atoms with Crippen molar-refractivity contribution >= 4 is 17.5 Å². The van der Waals surface area contributed by atoms with Gasteiger partial charge in [-0.2, -0.15) is 0 Å². The number of carbonyl (C=O) groups excluding carboxylic acids is 1. The van der Waals surface area contributed by atoms with E-state index in [-0.39, 0.29) is 5.91 Å². The summed E-state index contributed by atoms with van der Waals surface area (Å²) >= 11 is 0. The molecule has 7 nitrogen and oxygen atoms in total. The average Bonchev–Trinajstić information content (AvgIpc) is 2.56. The summed E-state index contributed by atoms with van der Waals surface area (Å²) in [5.74, 6) is 0.876. The van der Waals surface area contributed by atoms with E-state index in [2.05, 4.69) is 20.6 Å². The minimum atomic E-state index is -0.292. The third-order valence-corrected chi connectivity index (χ3v) is 3.10. The first-order valence-electron chi connectivity index (χ1n) is 7.75. The number of nitrogens with zero attached hydrogens (tertiary/aromatic N) is 2. The molecule has 7 heteroatoms. The maximum Gasteiger partial charge on any atom is 0.274 e. The second kappa shape index (κ2) is 8.83. The van der Waals surface area contributed by atoms with Crippen LogP contribution in [0.15, 0.2) is 30.3 Å². The van der Waals surface area contributed by atoms with Gasteiger partial charge in [-0.05, 0) is 44.2 Å². The van der Waals surface area contributed by atoms with E-state index in [1.54, 1.807) is 25.3 Å². The number of ether oxygens (including phenoxy) is 2. The molecule has 0 fully saturated rings. The van der Waals surface area contributed by atoms with Crippen molar-refractivity contribution < 1.29 is 14.3 Å². The topological polar surface area (TPSA) is 85.4 Å². The van der Waals surface area contributed by atoms with E-state index >= 15 is 0 Å². The number of methoxy groups -OCH3 is 1. The molecule has 0 saturated carbocycles. The van der Waals surface area contributed by atoms with E-state index in [0.29, 0.717) is 42.8 Å². The fraction of sp³-hybridized carbons (Fsp3) is 0.353. The molecule has 2 aromatic rings. The summed E-state index contributed by atoms with van der Waals surface area (Å²) in [5, 5.41) is 5.84. The van der Waals surface area contributed by atoms with Gasteiger partial charge < -0.3 is 20.1 Å². The highest BCUT2D eigenvalue weighted by molar-refractivity contribution is 6.03. The lowest BCUT2D eigenvalue weighted by atomic mass is 10.2. The Labute approximate surface area is 141 Å². The Hall–Kier alpha value is -2.67. The molecule has 0 radical (unpaired) electrons. The average molecular weight is 330 g/mol. The first-order valence-corrected chi connectivity index (χ1v) is 7.75. The smallest absolute Gasteiger partial charge is 0.274 e. The number of hydrogen-bond donors (Lipinski definition) is 2. The largest absolute Gasteiger partial charge is 0.494 e. The summed E-state index contributed by atoms with van der Waals surface area (Å²) in [5.41, 5.74) is 1.69. The molecular formula is C17H22N4O3. The predicted octanol–water partition coefficient (Wildman–Crippen LogP) is 2.49. The second-order valence-corrected chi connectivity index (χ2v) is 5.05. The van der Waals surface area contributed by atoms with Crippen molar-refractivity contribution in [2.24, 2.45) is 0 Å². The van der Waals surface area contributed by atoms with Crippen molar-refractivity contribution in [3.63, 3.8) is 0 Å². The molecule has 2 rings (SSSR count). The molecule has 0 bridgehead atoms. The van der Waals surface area contributed by atoms with Crippen molar-refractivity contribution in [1.82, 2.24) is 9.97 Å². The van der Waals surface area contributed by atoms with Crippen LogP contribution in [0.25, 0.3) is 0 Å². The number of aryl methyl sites for hydroxylation is 1. The highest BCUT2D eigenvalue weighted by atomic mass is 16.5. The SMILES string of the molecule is CCOc1ccc(NC(=O)c2cc(C)nc(NCCOC)n2)cc1. The zero-order valence-electron chi connectivity index (χ0n) is 14.1. The van der Waals surface area contributed by atoms with Gasteiger partial charge in [-0.15, -0.1) is 0 Å². The number of nitrogens with one attached hydrogen (secondary N) is 2. The van der Waals surface area contributed by atoms with Crippen molar-refractivity contribution in [3.8, 4) is 5.75 Å². The number of carbonyl (C=O) groups is 1. The molecule has 1 heterocycles. The zero-order chi connectivity index (χ0) is 17.4. The van der Waals surface area contributed by atoms with Gasteiger partial charge >= 0.3 is 0 Å². The Morgan fingerprint density at radius 2 is 1.96 bits per heavy atom. The van der Waals surface area contributed by atoms with Gasteiger partial charge in [-0.3, -0.25) is 4.79 Å². The Morgan fingerprint density at radius 3 is 2.62 bits per heavy atom. The van der Waals surface area contributed by atoms with Crippen LogP contribution in [0.4, 0.5) is 11.6 Å². The minimum Gasteiger partial charge on any atom is -0.494 e. The molecule has 0 atom stereocenters. The maximum atomic E-state index is 12.4. The maximum absolute atomic E-state index is 12.4. The fourth-order valence-electron chi connectivity index (χ4n) is 2.03. The highest BCUT2D eigenvalue weighted by Gasteiger charge is 2.11. The van der Waals surface area contributed by atoms with Crippen molar-refractivity contribution in [2.45, 2.75) is 13.8 Å². The van der Waals surface area contributed by atoms with E-state index in [9.17, 15) is 4.79 Å². The van der Waals surface area contributed by atoms with Crippen molar-refractivity contribution in [1.29, 1.82) is 0 Å². The normalized spacial score (nSPS) is 10.3. The summed E-state index contributed by atoms with van der Waals surface area (Å²) in [6, 6.07) is 8.83. The van der Waals surface area contributed by atoms with Gasteiger partial charge in [0, 0.05) is 25.0 Å². The van der Waals surface area contributed by atoms with Crippen LogP contribution in [0, 0.1) is 6.92 Å². The summed E-state index contributed by atoms with van der Waals surface area (Å²) in [7, 11) is 1.62. The summed E-state index contributed by atoms with van der Waals surface area (Å²) in [4.78, 5) is 20.9. The van der Waals surface area contributed by atoms with Crippen LogP contribution in [-0.4, -0.2) is 42.7 Å². The molecule has 128 valence electrons. The van der Waals surface area contributed by atoms with Gasteiger partial charge in [-0.1, -0.05) is 0 Å². The lowest BCUT2D eigenvalue weighted by Crippen LogP contribution is -2.17. The Kier molecular flexibility index (Phi) is 6.51. The van der Waals surface area contributed by atoms with E-state index < -0.39 is 0 Å².